The lowest BCUT2D eigenvalue weighted by Gasteiger charge is -2.22. The summed E-state index contributed by atoms with van der Waals surface area (Å²) in [4.78, 5) is 11.2. The summed E-state index contributed by atoms with van der Waals surface area (Å²) in [6.07, 6.45) is -10.9. The number of benzene rings is 1. The maximum Gasteiger partial charge on any atom is 0.409 e. The highest BCUT2D eigenvalue weighted by Gasteiger charge is 2.61. The van der Waals surface area contributed by atoms with Crippen molar-refractivity contribution >= 4 is 11.6 Å². The zero-order valence-electron chi connectivity index (χ0n) is 10.6. The van der Waals surface area contributed by atoms with E-state index in [1.165, 1.54) is 24.3 Å². The first-order valence-electron chi connectivity index (χ1n) is 5.79. The van der Waals surface area contributed by atoms with Crippen molar-refractivity contribution in [1.82, 2.24) is 0 Å². The van der Waals surface area contributed by atoms with E-state index in [0.717, 1.165) is 5.56 Å². The van der Waals surface area contributed by atoms with Gasteiger partial charge in [0.15, 0.2) is 0 Å². The topological polar surface area (TPSA) is 55.1 Å². The first-order valence-corrected chi connectivity index (χ1v) is 5.79. The third-order valence-electron chi connectivity index (χ3n) is 2.57. The number of carbonyl (C=O) groups is 1. The lowest BCUT2D eigenvalue weighted by atomic mass is 10.1. The molecule has 0 aliphatic heterocycles. The van der Waals surface area contributed by atoms with E-state index in [1.807, 2.05) is 0 Å². The molecule has 1 aromatic carbocycles. The molecule has 0 aliphatic carbocycles. The van der Waals surface area contributed by atoms with E-state index >= 15 is 0 Å². The number of anilines is 1. The SMILES string of the molecule is NCCc1ccc(NC(=O)C(C(F)(F)F)C(F)(F)F)cc1. The van der Waals surface area contributed by atoms with Crippen LogP contribution >= 0.6 is 0 Å². The van der Waals surface area contributed by atoms with E-state index < -0.39 is 24.2 Å². The van der Waals surface area contributed by atoms with Crippen molar-refractivity contribution in [2.75, 3.05) is 11.9 Å². The van der Waals surface area contributed by atoms with Crippen molar-refractivity contribution < 1.29 is 31.1 Å². The lowest BCUT2D eigenvalue weighted by Crippen LogP contribution is -2.45. The fourth-order valence-electron chi connectivity index (χ4n) is 1.62. The molecule has 9 heteroatoms. The number of hydrogen-bond donors (Lipinski definition) is 2. The number of hydrogen-bond acceptors (Lipinski definition) is 2. The summed E-state index contributed by atoms with van der Waals surface area (Å²) < 4.78 is 74.0. The van der Waals surface area contributed by atoms with E-state index in [9.17, 15) is 31.1 Å². The van der Waals surface area contributed by atoms with Crippen molar-refractivity contribution in [1.29, 1.82) is 0 Å². The molecular formula is C12H12F6N2O. The van der Waals surface area contributed by atoms with Gasteiger partial charge in [-0.25, -0.2) is 0 Å². The Morgan fingerprint density at radius 3 is 1.90 bits per heavy atom. The largest absolute Gasteiger partial charge is 0.409 e. The molecule has 1 rings (SSSR count). The van der Waals surface area contributed by atoms with E-state index in [-0.39, 0.29) is 5.69 Å². The Balaban J connectivity index is 2.87. The van der Waals surface area contributed by atoms with Crippen molar-refractivity contribution in [3.05, 3.63) is 29.8 Å². The number of rotatable bonds is 4. The third kappa shape index (κ3) is 4.92. The number of halogens is 6. The standard InChI is InChI=1S/C12H12F6N2O/c13-11(14,15)9(12(16,17)18)10(21)20-8-3-1-7(2-4-8)5-6-19/h1-4,9H,5-6,19H2,(H,20,21). The average molecular weight is 314 g/mol. The summed E-state index contributed by atoms with van der Waals surface area (Å²) >= 11 is 0. The summed E-state index contributed by atoms with van der Waals surface area (Å²) in [5.74, 6) is -6.23. The second-order valence-corrected chi connectivity index (χ2v) is 4.24. The van der Waals surface area contributed by atoms with Gasteiger partial charge in [-0.1, -0.05) is 12.1 Å². The minimum absolute atomic E-state index is 0.153. The number of nitrogens with two attached hydrogens (primary N) is 1. The van der Waals surface area contributed by atoms with Crippen LogP contribution in [0.3, 0.4) is 0 Å². The van der Waals surface area contributed by atoms with Gasteiger partial charge in [-0.3, -0.25) is 4.79 Å². The minimum atomic E-state index is -5.71. The fraction of sp³-hybridized carbons (Fsp3) is 0.417. The Morgan fingerprint density at radius 1 is 1.05 bits per heavy atom. The Kier molecular flexibility index (Phi) is 5.21. The molecule has 3 nitrogen and oxygen atoms in total. The highest BCUT2D eigenvalue weighted by Crippen LogP contribution is 2.39. The average Bonchev–Trinajstić information content (AvgIpc) is 2.28. The van der Waals surface area contributed by atoms with E-state index in [4.69, 9.17) is 5.73 Å². The van der Waals surface area contributed by atoms with Gasteiger partial charge < -0.3 is 11.1 Å². The third-order valence-corrected chi connectivity index (χ3v) is 2.57. The molecule has 0 unspecified atom stereocenters. The molecule has 1 aromatic rings. The molecule has 0 atom stereocenters. The van der Waals surface area contributed by atoms with Gasteiger partial charge in [0.1, 0.15) is 0 Å². The Hall–Kier alpha value is -1.77. The molecule has 0 saturated heterocycles. The summed E-state index contributed by atoms with van der Waals surface area (Å²) in [5, 5.41) is 1.61. The molecule has 3 N–H and O–H groups in total. The Bertz CT molecular complexity index is 466. The van der Waals surface area contributed by atoms with E-state index in [1.54, 1.807) is 5.32 Å². The molecule has 0 fully saturated rings. The molecule has 0 aromatic heterocycles. The highest BCUT2D eigenvalue weighted by atomic mass is 19.4. The maximum absolute atomic E-state index is 12.3. The van der Waals surface area contributed by atoms with Crippen molar-refractivity contribution in [2.24, 2.45) is 11.7 Å². The number of carbonyl (C=O) groups excluding carboxylic acids is 1. The van der Waals surface area contributed by atoms with Crippen LogP contribution in [0.15, 0.2) is 24.3 Å². The van der Waals surface area contributed by atoms with Gasteiger partial charge in [0.25, 0.3) is 0 Å². The van der Waals surface area contributed by atoms with Crippen LogP contribution < -0.4 is 11.1 Å². The maximum atomic E-state index is 12.3. The van der Waals surface area contributed by atoms with Gasteiger partial charge in [0.2, 0.25) is 11.8 Å². The smallest absolute Gasteiger partial charge is 0.330 e. The van der Waals surface area contributed by atoms with Crippen molar-refractivity contribution in [2.45, 2.75) is 18.8 Å². The van der Waals surface area contributed by atoms with Gasteiger partial charge in [-0.2, -0.15) is 26.3 Å². The number of nitrogens with one attached hydrogen (secondary N) is 1. The van der Waals surface area contributed by atoms with Crippen LogP contribution in [-0.2, 0) is 11.2 Å². The highest BCUT2D eigenvalue weighted by molar-refractivity contribution is 5.93. The van der Waals surface area contributed by atoms with Gasteiger partial charge in [-0.05, 0) is 30.7 Å². The monoisotopic (exact) mass is 314 g/mol. The first kappa shape index (κ1) is 17.3. The van der Waals surface area contributed by atoms with Gasteiger partial charge in [0.05, 0.1) is 0 Å². The zero-order chi connectivity index (χ0) is 16.3. The van der Waals surface area contributed by atoms with Crippen LogP contribution in [0, 0.1) is 5.92 Å². The second-order valence-electron chi connectivity index (χ2n) is 4.24. The molecule has 0 radical (unpaired) electrons. The van der Waals surface area contributed by atoms with Gasteiger partial charge in [0, 0.05) is 5.69 Å². The van der Waals surface area contributed by atoms with Crippen molar-refractivity contribution in [3.8, 4) is 0 Å². The zero-order valence-corrected chi connectivity index (χ0v) is 10.6. The molecule has 0 spiro atoms. The minimum Gasteiger partial charge on any atom is -0.330 e. The lowest BCUT2D eigenvalue weighted by molar-refractivity contribution is -0.272. The van der Waals surface area contributed by atoms with Crippen LogP contribution in [-0.4, -0.2) is 24.8 Å². The van der Waals surface area contributed by atoms with Crippen LogP contribution in [0.5, 0.6) is 0 Å². The van der Waals surface area contributed by atoms with Gasteiger partial charge >= 0.3 is 12.4 Å². The molecule has 1 amide bonds. The van der Waals surface area contributed by atoms with Crippen LogP contribution in [0.25, 0.3) is 0 Å². The molecule has 21 heavy (non-hydrogen) atoms. The quantitative estimate of drug-likeness (QED) is 0.840. The molecule has 0 aliphatic rings. The van der Waals surface area contributed by atoms with Crippen LogP contribution in [0.1, 0.15) is 5.56 Å². The number of alkyl halides is 6. The van der Waals surface area contributed by atoms with Crippen molar-refractivity contribution in [3.63, 3.8) is 0 Å². The number of amides is 1. The molecular weight excluding hydrogens is 302 g/mol. The van der Waals surface area contributed by atoms with Crippen LogP contribution in [0.2, 0.25) is 0 Å². The molecule has 0 bridgehead atoms. The summed E-state index contributed by atoms with van der Waals surface area (Å²) in [5.41, 5.74) is 5.89. The Labute approximate surface area is 116 Å². The predicted molar refractivity (Wildman–Crippen MR) is 63.4 cm³/mol. The Morgan fingerprint density at radius 2 is 1.52 bits per heavy atom. The van der Waals surface area contributed by atoms with Crippen LogP contribution in [0.4, 0.5) is 32.0 Å². The van der Waals surface area contributed by atoms with E-state index in [2.05, 4.69) is 0 Å². The molecule has 0 saturated carbocycles. The first-order chi connectivity index (χ1) is 9.55. The second kappa shape index (κ2) is 6.33. The van der Waals surface area contributed by atoms with E-state index in [0.29, 0.717) is 13.0 Å². The summed E-state index contributed by atoms with van der Waals surface area (Å²) in [7, 11) is 0. The van der Waals surface area contributed by atoms with Gasteiger partial charge in [-0.15, -0.1) is 0 Å². The molecule has 118 valence electrons. The molecule has 0 heterocycles. The summed E-state index contributed by atoms with van der Waals surface area (Å²) in [6, 6.07) is 5.34. The normalized spacial score (nSPS) is 12.6. The summed E-state index contributed by atoms with van der Waals surface area (Å²) in [6.45, 7) is 0.343. The predicted octanol–water partition coefficient (Wildman–Crippen LogP) is 2.87. The fourth-order valence-corrected chi connectivity index (χ4v) is 1.62.